The van der Waals surface area contributed by atoms with Crippen molar-refractivity contribution in [3.8, 4) is 11.8 Å². The first kappa shape index (κ1) is 74.2. The molecule has 0 spiro atoms. The Bertz CT molecular complexity index is 2940. The number of aliphatic carboxylic acids is 1. The number of carboxylic acid groups (broad SMARTS) is 1. The van der Waals surface area contributed by atoms with Crippen molar-refractivity contribution in [3.05, 3.63) is 69.4 Å². The lowest BCUT2D eigenvalue weighted by Crippen LogP contribution is -2.52. The molecule has 4 atom stereocenters. The number of hydrogen-bond acceptors (Lipinski definition) is 20. The molecule has 3 aromatic rings. The van der Waals surface area contributed by atoms with Gasteiger partial charge in [-0.3, -0.25) is 67.7 Å². The first-order chi connectivity index (χ1) is 44.3. The molecule has 1 unspecified atom stereocenters. The van der Waals surface area contributed by atoms with E-state index in [4.69, 9.17) is 14.2 Å². The minimum Gasteiger partial charge on any atom is -0.494 e. The molecule has 1 aromatic heterocycles. The number of ether oxygens (including phenoxy) is 3. The summed E-state index contributed by atoms with van der Waals surface area (Å²) < 4.78 is 31.8. The van der Waals surface area contributed by atoms with Crippen LogP contribution in [0.25, 0.3) is 10.9 Å². The largest absolute Gasteiger partial charge is 0.494 e. The number of nitriles is 1. The summed E-state index contributed by atoms with van der Waals surface area (Å²) >= 11 is 3.55. The zero-order valence-electron chi connectivity index (χ0n) is 52.3. The number of nitrogens with one attached hydrogen (secondary N) is 4. The fourth-order valence-electron chi connectivity index (χ4n) is 11.3. The highest BCUT2D eigenvalue weighted by molar-refractivity contribution is 14.1. The number of likely N-dealkylation sites (tertiary alicyclic amines) is 2. The number of rotatable bonds is 35. The number of aliphatic hydroxyl groups excluding tert-OH is 1. The number of aliphatic hydroxyl groups is 1. The molecular weight excluding hydrogens is 1330 g/mol. The van der Waals surface area contributed by atoms with E-state index in [1.807, 2.05) is 45.0 Å². The molecule has 3 aliphatic rings. The molecule has 29 heteroatoms. The van der Waals surface area contributed by atoms with E-state index < -0.39 is 60.0 Å². The SMILES string of the molecule is CC1(F)C[C@H](C#N)N(C(=O)CNC(=O)c2ccnc3ccc(OCCCCC4CCN(C(=O)[C@H](O)CSCCNC(=O)[C@H](CCCNC(=O)CCCc5ccc(I)cc5)NC(=O)CN5CCN(COC=O)CCN(COC=O)CCN(CC(=O)O)CC5)CC4)cc23)C1. The number of hydrogen-bond donors (Lipinski definition) is 6. The van der Waals surface area contributed by atoms with Crippen LogP contribution in [0.15, 0.2) is 54.7 Å². The highest BCUT2D eigenvalue weighted by atomic mass is 127. The standard InChI is InChI=1S/C63H88FIN12O14S/c1-63(64)35-49(36-66)77(41-63)58(83)37-70-60(86)51-16-20-67-53-15-14-50(34-52(51)53)91-32-3-2-6-47-17-22-76(23-18-47)62(88)55(80)40-92-33-21-69-61(87)54(8-5-19-68-56(81)9-4-7-46-10-12-48(65)13-11-46)71-57(82)38-72-24-25-73(39-59(84)85)27-29-75(43-90-45-79)31-30-74(28-26-72)42-89-44-78/h10-16,20,34,44-45,47,49,54-55,80H,2-9,17-19,21-33,35,37-43H2,1H3,(H,68,81)(H,69,87)(H,70,86)(H,71,82)(H,84,85)/t49-,54+,55-,63?/m1/s1. The molecule has 0 bridgehead atoms. The van der Waals surface area contributed by atoms with Gasteiger partial charge in [-0.1, -0.05) is 18.6 Å². The third-order valence-electron chi connectivity index (χ3n) is 16.4. The van der Waals surface area contributed by atoms with Gasteiger partial charge in [0.25, 0.3) is 24.8 Å². The van der Waals surface area contributed by atoms with E-state index in [9.17, 15) is 63.0 Å². The topological polar surface area (TPSA) is 326 Å². The Morgan fingerprint density at radius 3 is 2.14 bits per heavy atom. The number of piperidine rings is 1. The fourth-order valence-corrected chi connectivity index (χ4v) is 12.4. The maximum Gasteiger partial charge on any atom is 0.317 e. The number of aromatic nitrogens is 1. The molecule has 92 heavy (non-hydrogen) atoms. The summed E-state index contributed by atoms with van der Waals surface area (Å²) in [4.78, 5) is 129. The number of benzene rings is 2. The molecule has 0 radical (unpaired) electrons. The van der Waals surface area contributed by atoms with Crippen LogP contribution in [0.1, 0.15) is 87.1 Å². The molecule has 26 nitrogen and oxygen atoms in total. The van der Waals surface area contributed by atoms with Gasteiger partial charge in [-0.25, -0.2) is 4.39 Å². The zero-order valence-corrected chi connectivity index (χ0v) is 55.3. The van der Waals surface area contributed by atoms with Crippen LogP contribution in [-0.4, -0.2) is 259 Å². The molecule has 3 fully saturated rings. The molecule has 2 aromatic carbocycles. The van der Waals surface area contributed by atoms with Gasteiger partial charge in [0.15, 0.2) is 0 Å². The lowest BCUT2D eigenvalue weighted by Gasteiger charge is -2.33. The van der Waals surface area contributed by atoms with E-state index in [2.05, 4.69) is 48.8 Å². The van der Waals surface area contributed by atoms with Crippen LogP contribution in [0.4, 0.5) is 4.39 Å². The molecule has 0 saturated carbocycles. The number of aryl methyl sites for hydroxylation is 1. The van der Waals surface area contributed by atoms with Crippen LogP contribution in [-0.2, 0) is 54.3 Å². The summed E-state index contributed by atoms with van der Waals surface area (Å²) in [7, 11) is 0. The number of unbranched alkanes of at least 4 members (excludes halogenated alkanes) is 1. The summed E-state index contributed by atoms with van der Waals surface area (Å²) in [5.74, 6) is -2.07. The second kappa shape index (κ2) is 39.7. The maximum absolute atomic E-state index is 14.6. The molecule has 4 heterocycles. The Balaban J connectivity index is 0.921. The van der Waals surface area contributed by atoms with Crippen molar-refractivity contribution in [1.29, 1.82) is 5.26 Å². The average molecular weight is 1420 g/mol. The summed E-state index contributed by atoms with van der Waals surface area (Å²) in [5.41, 5.74) is 0.301. The number of carboxylic acids is 1. The van der Waals surface area contributed by atoms with Crippen molar-refractivity contribution in [2.24, 2.45) is 5.92 Å². The van der Waals surface area contributed by atoms with Gasteiger partial charge >= 0.3 is 5.97 Å². The molecule has 6 N–H and O–H groups in total. The van der Waals surface area contributed by atoms with Gasteiger partial charge in [0, 0.05) is 118 Å². The Hall–Kier alpha value is -6.82. The number of alkyl halides is 1. The van der Waals surface area contributed by atoms with E-state index in [1.54, 1.807) is 34.1 Å². The summed E-state index contributed by atoms with van der Waals surface area (Å²) in [5, 5.41) is 41.9. The van der Waals surface area contributed by atoms with Gasteiger partial charge in [-0.05, 0) is 129 Å². The summed E-state index contributed by atoms with van der Waals surface area (Å²) in [6, 6.07) is 15.0. The lowest BCUT2D eigenvalue weighted by atomic mass is 9.91. The highest BCUT2D eigenvalue weighted by Gasteiger charge is 2.43. The number of carbonyl (C=O) groups excluding carboxylic acids is 8. The number of thioether (sulfide) groups is 1. The minimum absolute atomic E-state index is 0.0131. The van der Waals surface area contributed by atoms with E-state index in [1.165, 1.54) is 24.9 Å². The number of pyridine rings is 1. The molecule has 6 rings (SSSR count). The zero-order chi connectivity index (χ0) is 66.3. The van der Waals surface area contributed by atoms with Gasteiger partial charge < -0.3 is 55.5 Å². The number of nitrogens with zero attached hydrogens (tertiary/aromatic N) is 8. The van der Waals surface area contributed by atoms with E-state index in [0.29, 0.717) is 119 Å². The Morgan fingerprint density at radius 2 is 1.49 bits per heavy atom. The number of carbonyl (C=O) groups is 9. The average Bonchev–Trinajstić information content (AvgIpc) is 1.49. The second-order valence-corrected chi connectivity index (χ2v) is 26.0. The second-order valence-electron chi connectivity index (χ2n) is 23.6. The number of halogens is 2. The number of fused-ring (bicyclic) bond motifs is 1. The fraction of sp³-hybridized carbons (Fsp3) is 0.603. The van der Waals surface area contributed by atoms with Crippen molar-refractivity contribution in [3.63, 3.8) is 0 Å². The van der Waals surface area contributed by atoms with Crippen molar-refractivity contribution in [1.82, 2.24) is 55.7 Å². The summed E-state index contributed by atoms with van der Waals surface area (Å²) in [6.45, 7) is 5.54. The van der Waals surface area contributed by atoms with E-state index in [0.717, 1.165) is 52.6 Å². The maximum atomic E-state index is 14.6. The lowest BCUT2D eigenvalue weighted by molar-refractivity contribution is -0.140. The van der Waals surface area contributed by atoms with Crippen molar-refractivity contribution in [2.45, 2.75) is 101 Å². The summed E-state index contributed by atoms with van der Waals surface area (Å²) in [6.07, 6.45) is 6.63. The monoisotopic (exact) mass is 1410 g/mol. The van der Waals surface area contributed by atoms with Crippen LogP contribution < -0.4 is 26.0 Å². The Kier molecular flexibility index (Phi) is 32.0. The van der Waals surface area contributed by atoms with E-state index in [-0.39, 0.29) is 95.2 Å². The molecule has 3 saturated heterocycles. The van der Waals surface area contributed by atoms with Crippen LogP contribution in [0.5, 0.6) is 5.75 Å². The van der Waals surface area contributed by atoms with Gasteiger partial charge in [0.05, 0.1) is 49.9 Å². The molecule has 0 aliphatic carbocycles. The van der Waals surface area contributed by atoms with Gasteiger partial charge in [0.2, 0.25) is 23.6 Å². The number of amides is 6. The van der Waals surface area contributed by atoms with Crippen LogP contribution in [0.2, 0.25) is 0 Å². The Morgan fingerprint density at radius 1 is 0.826 bits per heavy atom. The van der Waals surface area contributed by atoms with Gasteiger partial charge in [0.1, 0.15) is 43.1 Å². The van der Waals surface area contributed by atoms with E-state index >= 15 is 0 Å². The molecule has 6 amide bonds. The smallest absolute Gasteiger partial charge is 0.317 e. The van der Waals surface area contributed by atoms with Gasteiger partial charge in [-0.2, -0.15) is 17.0 Å². The Labute approximate surface area is 554 Å². The third kappa shape index (κ3) is 26.3. The van der Waals surface area contributed by atoms with Crippen LogP contribution in [0.3, 0.4) is 0 Å². The quantitative estimate of drug-likeness (QED) is 0.0280. The highest BCUT2D eigenvalue weighted by Crippen LogP contribution is 2.30. The minimum atomic E-state index is -1.68. The first-order valence-corrected chi connectivity index (χ1v) is 33.6. The predicted molar refractivity (Wildman–Crippen MR) is 348 cm³/mol. The van der Waals surface area contributed by atoms with Gasteiger partial charge in [-0.15, -0.1) is 0 Å². The normalized spacial score (nSPS) is 18.9. The molecular formula is C63H88FIN12O14S. The molecule has 504 valence electrons. The van der Waals surface area contributed by atoms with Crippen LogP contribution >= 0.6 is 34.4 Å². The third-order valence-corrected chi connectivity index (χ3v) is 18.1. The first-order valence-electron chi connectivity index (χ1n) is 31.4. The van der Waals surface area contributed by atoms with Crippen molar-refractivity contribution in [2.75, 3.05) is 136 Å². The van der Waals surface area contributed by atoms with Crippen molar-refractivity contribution >= 4 is 99.6 Å². The predicted octanol–water partition coefficient (Wildman–Crippen LogP) is 2.39. The van der Waals surface area contributed by atoms with Crippen molar-refractivity contribution < 1.29 is 72.0 Å². The van der Waals surface area contributed by atoms with Crippen LogP contribution in [0, 0.1) is 20.8 Å². The molecule has 3 aliphatic heterocycles.